The molecule has 0 spiro atoms. The van der Waals surface area contributed by atoms with Crippen molar-refractivity contribution in [3.05, 3.63) is 0 Å². The number of carbonyl (C=O) groups excluding carboxylic acids is 3. The van der Waals surface area contributed by atoms with E-state index in [0.717, 1.165) is 133 Å². The third kappa shape index (κ3) is 185. The lowest BCUT2D eigenvalue weighted by Gasteiger charge is -2.16. The van der Waals surface area contributed by atoms with Crippen LogP contribution >= 0.6 is 153 Å². The quantitative estimate of drug-likeness (QED) is 0.113. The Morgan fingerprint density at radius 2 is 0.465 bits per heavy atom. The second kappa shape index (κ2) is 102. The fourth-order valence-electron chi connectivity index (χ4n) is 10.2. The number of hydrogen-bond acceptors (Lipinski definition) is 23. The molecule has 9 nitrogen and oxygen atoms in total. The first-order valence-electron chi connectivity index (χ1n) is 55.1. The first kappa shape index (κ1) is 166. The van der Waals surface area contributed by atoms with Gasteiger partial charge in [-0.1, -0.05) is 491 Å². The second-order valence-electron chi connectivity index (χ2n) is 53.7. The molecule has 876 valence electrons. The van der Waals surface area contributed by atoms with Gasteiger partial charge in [-0.3, -0.25) is 14.4 Å². The fourth-order valence-corrected chi connectivity index (χ4v) is 37.8. The molecule has 11 rings (SSSR count). The molecule has 0 N–H and O–H groups in total. The van der Waals surface area contributed by atoms with Crippen LogP contribution in [-0.2, 0) is 73.4 Å². The molecular formula is C115H242O9S20. The molecule has 0 aliphatic carbocycles. The van der Waals surface area contributed by atoms with E-state index in [1.807, 2.05) is 127 Å². The van der Waals surface area contributed by atoms with Gasteiger partial charge in [0.2, 0.25) is 0 Å². The van der Waals surface area contributed by atoms with Crippen molar-refractivity contribution in [3.8, 4) is 0 Å². The molecule has 0 amide bonds. The molecule has 0 saturated carbocycles. The van der Waals surface area contributed by atoms with E-state index < -0.39 is 59.0 Å². The van der Waals surface area contributed by atoms with Gasteiger partial charge in [0, 0.05) is 138 Å². The fraction of sp³-hybridized carbons (Fsp3) is 0.974. The summed E-state index contributed by atoms with van der Waals surface area (Å²) < 4.78 is 65.1. The van der Waals surface area contributed by atoms with Gasteiger partial charge in [0.25, 0.3) is 0 Å². The molecule has 29 heteroatoms. The van der Waals surface area contributed by atoms with Gasteiger partial charge in [0.05, 0.1) is 59.0 Å². The zero-order valence-corrected chi connectivity index (χ0v) is 117. The van der Waals surface area contributed by atoms with Crippen LogP contribution in [0.1, 0.15) is 529 Å². The smallest absolute Gasteiger partial charge is 0.138 e. The van der Waals surface area contributed by atoms with Crippen LogP contribution in [0.5, 0.6) is 0 Å². The van der Waals surface area contributed by atoms with E-state index in [0.29, 0.717) is 84.0 Å². The SMILES string of the molecule is C.C1CCCSCC1.C1CCCSSCC1.C1CCSCC1.C1CSSC1.CC(C)(C)C.CC(C)(C)C.CC(C)(C)C.CC(C)(C)C.CC(C)(C)C.CC(C)(C)C.CC(C)(C)C.CC(C)(C)C.CC(C)(C)C(=O)CCCCC1CCS(=O)S1.CC(C)(C)C(=O)CCCCC1CCSS1.CC(C)(C)C(=O)CCCCC1CCSS1=O.O=S1CCCCCCS1.O=S1CCCCCS1.O=S1CCCCS1.O=S1CCCS1. The van der Waals surface area contributed by atoms with E-state index in [2.05, 4.69) is 245 Å². The molecular weight excluding hydrogens is 2170 g/mol. The van der Waals surface area contributed by atoms with Crippen LogP contribution in [0.15, 0.2) is 0 Å². The highest BCUT2D eigenvalue weighted by atomic mass is 33.1. The molecule has 0 aromatic carbocycles. The van der Waals surface area contributed by atoms with E-state index in [1.165, 1.54) is 206 Å². The molecule has 11 heterocycles. The molecule has 0 aromatic heterocycles. The van der Waals surface area contributed by atoms with Crippen LogP contribution in [0.25, 0.3) is 0 Å². The van der Waals surface area contributed by atoms with Crippen LogP contribution in [-0.4, -0.2) is 168 Å². The van der Waals surface area contributed by atoms with Crippen LogP contribution in [0.2, 0.25) is 0 Å². The second-order valence-corrected chi connectivity index (χ2v) is 85.4. The largest absolute Gasteiger partial charge is 0.299 e. The number of Topliss-reactive ketones (excluding diaryl/α,β-unsaturated/α-hetero) is 3. The van der Waals surface area contributed by atoms with Gasteiger partial charge in [-0.2, -0.15) is 23.5 Å². The average Bonchev–Trinajstić information content (AvgIpc) is 1.73. The van der Waals surface area contributed by atoms with E-state index in [-0.39, 0.29) is 23.7 Å². The van der Waals surface area contributed by atoms with Gasteiger partial charge in [0.1, 0.15) is 17.3 Å². The minimum Gasteiger partial charge on any atom is -0.299 e. The predicted molar refractivity (Wildman–Crippen MR) is 711 cm³/mol. The normalized spacial score (nSPS) is 22.4. The summed E-state index contributed by atoms with van der Waals surface area (Å²) in [6.07, 6.45) is 45.4. The van der Waals surface area contributed by atoms with Gasteiger partial charge in [-0.05, 0) is 214 Å². The monoisotopic (exact) mass is 2410 g/mol. The van der Waals surface area contributed by atoms with Gasteiger partial charge in [-0.15, -0.1) is 0 Å². The van der Waals surface area contributed by atoms with Crippen molar-refractivity contribution >= 4 is 229 Å². The Balaban J connectivity index is -0.000000194. The number of thioether (sulfide) groups is 2. The number of carbonyl (C=O) groups is 3. The summed E-state index contributed by atoms with van der Waals surface area (Å²) in [6, 6.07) is 0. The molecule has 0 bridgehead atoms. The van der Waals surface area contributed by atoms with Crippen molar-refractivity contribution in [1.82, 2.24) is 0 Å². The summed E-state index contributed by atoms with van der Waals surface area (Å²) in [5, 5.41) is 1.82. The Labute approximate surface area is 971 Å². The average molecular weight is 2410 g/mol. The third-order valence-electron chi connectivity index (χ3n) is 17.0. The third-order valence-corrected chi connectivity index (χ3v) is 47.1. The predicted octanol–water partition coefficient (Wildman–Crippen LogP) is 42.4. The van der Waals surface area contributed by atoms with Crippen LogP contribution in [0, 0.1) is 59.6 Å². The topological polar surface area (TPSA) is 154 Å². The van der Waals surface area contributed by atoms with Gasteiger partial charge >= 0.3 is 0 Å². The summed E-state index contributed by atoms with van der Waals surface area (Å²) in [4.78, 5) is 35.0. The van der Waals surface area contributed by atoms with Gasteiger partial charge in [-0.25, -0.2) is 25.3 Å². The Hall–Kier alpha value is 4.81. The standard InChI is InChI=1S/2C12H22O2S2.C12H22OS2.C6H12OS2.C6H12S2.C6H12S.C5H10OS2.C5H10S.8C5H12.C4H8OS2.C3H6OS2.C3H6S2.CH4/c1-12(2,3)11(13)7-5-4-6-10-8-9-16(14)15-10;1-12(2,3)11(13)7-5-4-6-10-8-9-15-16(10)14;1-12(2,3)11(13)7-5-4-6-10-8-9-14-15-10;7-9-6-4-2-1-3-5-8-9;1-2-4-6-8-7-5-3-1;1-2-4-6-7-5-3-1;6-8-5-3-1-2-4-7-8;1-2-4-6-5-3-1;8*1-5(2,3)4;5-7-4-2-1-3-6-7;4-6-3-1-2-5-6;1-2-4-5-3-1;/h2*10H,4-9H2,1-3H3;10H,4-9H2,1-3H3;1-6H2;1-6H2;1-6H2;1-5H2;1-5H2;8*1-4H3;1-4H2;1-3H2;1-3H2;1H4. The molecule has 0 aromatic rings. The molecule has 9 atom stereocenters. The van der Waals surface area contributed by atoms with Crippen LogP contribution < -0.4 is 0 Å². The molecule has 11 saturated heterocycles. The van der Waals surface area contributed by atoms with Gasteiger partial charge < -0.3 is 0 Å². The summed E-state index contributed by atoms with van der Waals surface area (Å²) in [7, 11) is 18.3. The molecule has 11 aliphatic heterocycles. The summed E-state index contributed by atoms with van der Waals surface area (Å²) in [5.41, 5.74) is 3.47. The lowest BCUT2D eigenvalue weighted by molar-refractivity contribution is -0.127. The summed E-state index contributed by atoms with van der Waals surface area (Å²) in [5.74, 6) is 23.6. The van der Waals surface area contributed by atoms with Crippen molar-refractivity contribution in [2.75, 3.05) is 109 Å². The molecule has 144 heavy (non-hydrogen) atoms. The highest BCUT2D eigenvalue weighted by Crippen LogP contribution is 2.41. The summed E-state index contributed by atoms with van der Waals surface area (Å²) in [6.45, 7) is 87.9. The maximum atomic E-state index is 11.7. The minimum atomic E-state index is -0.660. The van der Waals surface area contributed by atoms with Crippen molar-refractivity contribution in [3.63, 3.8) is 0 Å². The van der Waals surface area contributed by atoms with Crippen LogP contribution in [0.4, 0.5) is 0 Å². The Morgan fingerprint density at radius 1 is 0.222 bits per heavy atom. The highest BCUT2D eigenvalue weighted by Gasteiger charge is 2.27. The van der Waals surface area contributed by atoms with E-state index in [4.69, 9.17) is 0 Å². The van der Waals surface area contributed by atoms with Crippen LogP contribution in [0.3, 0.4) is 0 Å². The minimum absolute atomic E-state index is 0. The molecule has 0 radical (unpaired) electrons. The first-order chi connectivity index (χ1) is 65.4. The zero-order valence-electron chi connectivity index (χ0n) is 101. The van der Waals surface area contributed by atoms with Crippen molar-refractivity contribution in [2.45, 2.75) is 545 Å². The number of rotatable bonds is 15. The number of ketones is 3. The van der Waals surface area contributed by atoms with Crippen molar-refractivity contribution < 1.29 is 39.6 Å². The highest BCUT2D eigenvalue weighted by molar-refractivity contribution is 8.78. The lowest BCUT2D eigenvalue weighted by atomic mass is 9.88. The summed E-state index contributed by atoms with van der Waals surface area (Å²) >= 11 is 4.21. The number of hydrogen-bond donors (Lipinski definition) is 0. The molecule has 11 fully saturated rings. The first-order valence-corrected chi connectivity index (χ1v) is 81.4. The molecule has 9 unspecified atom stereocenters. The maximum Gasteiger partial charge on any atom is 0.138 e. The van der Waals surface area contributed by atoms with E-state index >= 15 is 0 Å². The Kier molecular flexibility index (Phi) is 118. The molecule has 11 aliphatic rings. The Morgan fingerprint density at radius 3 is 0.715 bits per heavy atom. The zero-order chi connectivity index (χ0) is 112. The Bertz CT molecular complexity index is 2720. The van der Waals surface area contributed by atoms with E-state index in [9.17, 15) is 39.6 Å². The maximum absolute atomic E-state index is 11.7. The van der Waals surface area contributed by atoms with E-state index in [1.54, 1.807) is 64.8 Å². The lowest BCUT2D eigenvalue weighted by Crippen LogP contribution is -2.19. The van der Waals surface area contributed by atoms with Crippen molar-refractivity contribution in [2.24, 2.45) is 59.6 Å². The van der Waals surface area contributed by atoms with Crippen molar-refractivity contribution in [1.29, 1.82) is 0 Å². The van der Waals surface area contributed by atoms with Gasteiger partial charge in [0.15, 0.2) is 0 Å². The number of unbranched alkanes of at least 4 members (excludes halogenated alkanes) is 3.